The molecule has 3 heteroatoms. The van der Waals surface area contributed by atoms with Gasteiger partial charge in [0.1, 0.15) is 12.7 Å². The van der Waals surface area contributed by atoms with Crippen LogP contribution in [-0.4, -0.2) is 18.9 Å². The second-order valence-corrected chi connectivity index (χ2v) is 4.26. The molecule has 0 aromatic heterocycles. The zero-order valence-corrected chi connectivity index (χ0v) is 8.63. The lowest BCUT2D eigenvalue weighted by molar-refractivity contribution is 0.0554. The number of unbranched alkanes of at least 4 members (excludes halogenated alkanes) is 1. The van der Waals surface area contributed by atoms with Crippen LogP contribution in [0.5, 0.6) is 0 Å². The highest BCUT2D eigenvalue weighted by Crippen LogP contribution is 2.32. The van der Waals surface area contributed by atoms with Gasteiger partial charge in [-0.15, -0.1) is 0 Å². The SMILES string of the molecule is CCCCC(C)(C)C1COC(=O)O1. The van der Waals surface area contributed by atoms with Gasteiger partial charge in [-0.2, -0.15) is 0 Å². The van der Waals surface area contributed by atoms with Gasteiger partial charge >= 0.3 is 6.16 Å². The van der Waals surface area contributed by atoms with Crippen LogP contribution in [0, 0.1) is 5.41 Å². The van der Waals surface area contributed by atoms with Gasteiger partial charge in [-0.3, -0.25) is 0 Å². The van der Waals surface area contributed by atoms with E-state index in [0.29, 0.717) is 6.61 Å². The Morgan fingerprint density at radius 1 is 1.54 bits per heavy atom. The van der Waals surface area contributed by atoms with Gasteiger partial charge in [0.15, 0.2) is 0 Å². The van der Waals surface area contributed by atoms with Crippen LogP contribution in [0.3, 0.4) is 0 Å². The van der Waals surface area contributed by atoms with Crippen molar-refractivity contribution in [3.63, 3.8) is 0 Å². The molecule has 1 rings (SSSR count). The topological polar surface area (TPSA) is 35.5 Å². The highest BCUT2D eigenvalue weighted by molar-refractivity contribution is 5.62. The van der Waals surface area contributed by atoms with Gasteiger partial charge in [0.25, 0.3) is 0 Å². The van der Waals surface area contributed by atoms with E-state index in [1.807, 2.05) is 0 Å². The normalized spacial score (nSPS) is 22.7. The molecule has 0 aromatic rings. The van der Waals surface area contributed by atoms with Gasteiger partial charge in [-0.25, -0.2) is 4.79 Å². The van der Waals surface area contributed by atoms with Crippen molar-refractivity contribution in [1.82, 2.24) is 0 Å². The molecule has 1 fully saturated rings. The fourth-order valence-electron chi connectivity index (χ4n) is 1.51. The first-order valence-corrected chi connectivity index (χ1v) is 4.89. The Bertz CT molecular complexity index is 187. The Hall–Kier alpha value is -0.730. The lowest BCUT2D eigenvalue weighted by atomic mass is 9.82. The Morgan fingerprint density at radius 3 is 2.69 bits per heavy atom. The highest BCUT2D eigenvalue weighted by atomic mass is 16.8. The minimum Gasteiger partial charge on any atom is -0.430 e. The van der Waals surface area contributed by atoms with E-state index in [1.165, 1.54) is 12.8 Å². The fourth-order valence-corrected chi connectivity index (χ4v) is 1.51. The van der Waals surface area contributed by atoms with Crippen molar-refractivity contribution in [2.45, 2.75) is 46.1 Å². The van der Waals surface area contributed by atoms with Crippen molar-refractivity contribution in [2.24, 2.45) is 5.41 Å². The largest absolute Gasteiger partial charge is 0.508 e. The van der Waals surface area contributed by atoms with Crippen LogP contribution in [0.2, 0.25) is 0 Å². The third-order valence-electron chi connectivity index (χ3n) is 2.64. The summed E-state index contributed by atoms with van der Waals surface area (Å²) in [7, 11) is 0. The van der Waals surface area contributed by atoms with Gasteiger partial charge in [0.2, 0.25) is 0 Å². The lowest BCUT2D eigenvalue weighted by Crippen LogP contribution is -2.31. The number of ether oxygens (including phenoxy) is 2. The summed E-state index contributed by atoms with van der Waals surface area (Å²) in [6.07, 6.45) is 2.83. The smallest absolute Gasteiger partial charge is 0.430 e. The number of carbonyl (C=O) groups excluding carboxylic acids is 1. The molecule has 1 unspecified atom stereocenters. The summed E-state index contributed by atoms with van der Waals surface area (Å²) in [5.74, 6) is 0. The van der Waals surface area contributed by atoms with Crippen LogP contribution in [-0.2, 0) is 9.47 Å². The van der Waals surface area contributed by atoms with Crippen LogP contribution in [0.25, 0.3) is 0 Å². The maximum Gasteiger partial charge on any atom is 0.508 e. The minimum absolute atomic E-state index is 0.0438. The first-order chi connectivity index (χ1) is 6.06. The van der Waals surface area contributed by atoms with E-state index < -0.39 is 6.16 Å². The van der Waals surface area contributed by atoms with Gasteiger partial charge in [0.05, 0.1) is 0 Å². The molecule has 13 heavy (non-hydrogen) atoms. The molecule has 3 nitrogen and oxygen atoms in total. The molecular formula is C10H18O3. The summed E-state index contributed by atoms with van der Waals surface area (Å²) in [5.41, 5.74) is 0.0438. The summed E-state index contributed by atoms with van der Waals surface area (Å²) < 4.78 is 9.83. The summed E-state index contributed by atoms with van der Waals surface area (Å²) in [6.45, 7) is 6.81. The number of hydrogen-bond acceptors (Lipinski definition) is 3. The zero-order chi connectivity index (χ0) is 9.90. The van der Waals surface area contributed by atoms with E-state index in [1.54, 1.807) is 0 Å². The van der Waals surface area contributed by atoms with Crippen molar-refractivity contribution in [1.29, 1.82) is 0 Å². The Morgan fingerprint density at radius 2 is 2.23 bits per heavy atom. The fraction of sp³-hybridized carbons (Fsp3) is 0.900. The van der Waals surface area contributed by atoms with Crippen LogP contribution >= 0.6 is 0 Å². The molecule has 76 valence electrons. The quantitative estimate of drug-likeness (QED) is 0.633. The standard InChI is InChI=1S/C10H18O3/c1-4-5-6-10(2,3)8-7-12-9(11)13-8/h8H,4-7H2,1-3H3. The summed E-state index contributed by atoms with van der Waals surface area (Å²) in [6, 6.07) is 0. The first-order valence-electron chi connectivity index (χ1n) is 4.89. The van der Waals surface area contributed by atoms with E-state index in [4.69, 9.17) is 9.47 Å². The highest BCUT2D eigenvalue weighted by Gasteiger charge is 2.37. The summed E-state index contributed by atoms with van der Waals surface area (Å²) >= 11 is 0. The van der Waals surface area contributed by atoms with Gasteiger partial charge in [0, 0.05) is 5.41 Å². The van der Waals surface area contributed by atoms with Crippen molar-refractivity contribution in [2.75, 3.05) is 6.61 Å². The van der Waals surface area contributed by atoms with E-state index in [-0.39, 0.29) is 11.5 Å². The van der Waals surface area contributed by atoms with Crippen LogP contribution in [0.1, 0.15) is 40.0 Å². The maximum atomic E-state index is 10.7. The summed E-state index contributed by atoms with van der Waals surface area (Å²) in [5, 5.41) is 0. The molecule has 0 aliphatic carbocycles. The first kappa shape index (κ1) is 10.4. The molecule has 1 aliphatic rings. The van der Waals surface area contributed by atoms with E-state index in [0.717, 1.165) is 6.42 Å². The van der Waals surface area contributed by atoms with E-state index in [2.05, 4.69) is 20.8 Å². The van der Waals surface area contributed by atoms with E-state index >= 15 is 0 Å². The van der Waals surface area contributed by atoms with Crippen LogP contribution < -0.4 is 0 Å². The molecule has 0 N–H and O–H groups in total. The number of carbonyl (C=O) groups is 1. The Kier molecular flexibility index (Phi) is 3.17. The lowest BCUT2D eigenvalue weighted by Gasteiger charge is -2.28. The number of rotatable bonds is 4. The number of hydrogen-bond donors (Lipinski definition) is 0. The molecule has 0 saturated carbocycles. The summed E-state index contributed by atoms with van der Waals surface area (Å²) in [4.78, 5) is 10.7. The van der Waals surface area contributed by atoms with Crippen molar-refractivity contribution in [3.8, 4) is 0 Å². The van der Waals surface area contributed by atoms with E-state index in [9.17, 15) is 4.79 Å². The average Bonchev–Trinajstić information content (AvgIpc) is 2.49. The monoisotopic (exact) mass is 186 g/mol. The second kappa shape index (κ2) is 3.99. The third-order valence-corrected chi connectivity index (χ3v) is 2.64. The van der Waals surface area contributed by atoms with Gasteiger partial charge in [-0.05, 0) is 6.42 Å². The number of cyclic esters (lactones) is 2. The van der Waals surface area contributed by atoms with Gasteiger partial charge < -0.3 is 9.47 Å². The van der Waals surface area contributed by atoms with Crippen LogP contribution in [0.15, 0.2) is 0 Å². The molecule has 0 aromatic carbocycles. The van der Waals surface area contributed by atoms with Crippen molar-refractivity contribution < 1.29 is 14.3 Å². The van der Waals surface area contributed by atoms with Crippen LogP contribution in [0.4, 0.5) is 4.79 Å². The Balaban J connectivity index is 2.43. The minimum atomic E-state index is -0.519. The predicted octanol–water partition coefficient (Wildman–Crippen LogP) is 2.74. The maximum absolute atomic E-state index is 10.7. The molecule has 0 spiro atoms. The average molecular weight is 186 g/mol. The predicted molar refractivity (Wildman–Crippen MR) is 49.5 cm³/mol. The second-order valence-electron chi connectivity index (χ2n) is 4.26. The van der Waals surface area contributed by atoms with Gasteiger partial charge in [-0.1, -0.05) is 33.6 Å². The zero-order valence-electron chi connectivity index (χ0n) is 8.63. The molecule has 1 aliphatic heterocycles. The molecule has 1 heterocycles. The molecule has 1 atom stereocenters. The van der Waals surface area contributed by atoms with Crippen molar-refractivity contribution >= 4 is 6.16 Å². The third kappa shape index (κ3) is 2.61. The molecule has 1 saturated heterocycles. The molecule has 0 amide bonds. The molecule has 0 bridgehead atoms. The Labute approximate surface area is 79.4 Å². The molecular weight excluding hydrogens is 168 g/mol. The molecule has 0 radical (unpaired) electrons. The van der Waals surface area contributed by atoms with Crippen molar-refractivity contribution in [3.05, 3.63) is 0 Å².